The SMILES string of the molecule is CCOc1ncccc1C(=O)N1C[C@H]2C[C@H](O)[C@@H](O)C[C@H]2C1. The molecule has 0 unspecified atom stereocenters. The van der Waals surface area contributed by atoms with Crippen molar-refractivity contribution in [3.8, 4) is 5.88 Å². The van der Waals surface area contributed by atoms with Crippen LogP contribution in [0.15, 0.2) is 18.3 Å². The van der Waals surface area contributed by atoms with Gasteiger partial charge in [-0.15, -0.1) is 0 Å². The molecule has 3 rings (SSSR count). The largest absolute Gasteiger partial charge is 0.477 e. The van der Waals surface area contributed by atoms with E-state index in [-0.39, 0.29) is 17.7 Å². The summed E-state index contributed by atoms with van der Waals surface area (Å²) in [4.78, 5) is 18.6. The zero-order valence-corrected chi connectivity index (χ0v) is 12.7. The fraction of sp³-hybridized carbons (Fsp3) is 0.625. The number of carbonyl (C=O) groups excluding carboxylic acids is 1. The molecule has 1 aromatic heterocycles. The first-order chi connectivity index (χ1) is 10.6. The highest BCUT2D eigenvalue weighted by Crippen LogP contribution is 2.37. The van der Waals surface area contributed by atoms with E-state index >= 15 is 0 Å². The lowest BCUT2D eigenvalue weighted by Crippen LogP contribution is -2.38. The number of rotatable bonds is 3. The number of aromatic nitrogens is 1. The number of aliphatic hydroxyl groups excluding tert-OH is 2. The number of likely N-dealkylation sites (tertiary alicyclic amines) is 1. The molecule has 6 heteroatoms. The molecule has 2 N–H and O–H groups in total. The number of aliphatic hydroxyl groups is 2. The summed E-state index contributed by atoms with van der Waals surface area (Å²) < 4.78 is 5.43. The van der Waals surface area contributed by atoms with E-state index < -0.39 is 12.2 Å². The quantitative estimate of drug-likeness (QED) is 0.858. The Kier molecular flexibility index (Phi) is 4.31. The zero-order chi connectivity index (χ0) is 15.7. The maximum absolute atomic E-state index is 12.7. The van der Waals surface area contributed by atoms with Crippen molar-refractivity contribution in [3.05, 3.63) is 23.9 Å². The highest BCUT2D eigenvalue weighted by atomic mass is 16.5. The van der Waals surface area contributed by atoms with E-state index in [2.05, 4.69) is 4.98 Å². The van der Waals surface area contributed by atoms with Gasteiger partial charge in [-0.1, -0.05) is 0 Å². The standard InChI is InChI=1S/C16H22N2O4/c1-2-22-15-12(4-3-5-17-15)16(21)18-8-10-6-13(19)14(20)7-11(10)9-18/h3-5,10-11,13-14,19-20H,2,6-9H2,1H3/t10-,11+,13-,14-/m0/s1. The van der Waals surface area contributed by atoms with Crippen molar-refractivity contribution in [2.45, 2.75) is 32.0 Å². The minimum absolute atomic E-state index is 0.0880. The number of nitrogens with zero attached hydrogens (tertiary/aromatic N) is 2. The maximum Gasteiger partial charge on any atom is 0.259 e. The van der Waals surface area contributed by atoms with Gasteiger partial charge < -0.3 is 19.8 Å². The summed E-state index contributed by atoms with van der Waals surface area (Å²) in [6, 6.07) is 3.46. The molecular weight excluding hydrogens is 284 g/mol. The monoisotopic (exact) mass is 306 g/mol. The Labute approximate surface area is 129 Å². The normalized spacial score (nSPS) is 31.0. The molecular formula is C16H22N2O4. The molecule has 0 radical (unpaired) electrons. The third-order valence-electron chi connectivity index (χ3n) is 4.68. The molecule has 2 aliphatic rings. The summed E-state index contributed by atoms with van der Waals surface area (Å²) in [6.45, 7) is 3.55. The van der Waals surface area contributed by atoms with E-state index in [0.717, 1.165) is 0 Å². The lowest BCUT2D eigenvalue weighted by molar-refractivity contribution is -0.0372. The number of carbonyl (C=O) groups is 1. The van der Waals surface area contributed by atoms with Crippen LogP contribution in [0, 0.1) is 11.8 Å². The van der Waals surface area contributed by atoms with Crippen molar-refractivity contribution in [2.75, 3.05) is 19.7 Å². The molecule has 120 valence electrons. The average molecular weight is 306 g/mol. The molecule has 6 nitrogen and oxygen atoms in total. The summed E-state index contributed by atoms with van der Waals surface area (Å²) in [7, 11) is 0. The van der Waals surface area contributed by atoms with Gasteiger partial charge >= 0.3 is 0 Å². The van der Waals surface area contributed by atoms with Crippen LogP contribution >= 0.6 is 0 Å². The van der Waals surface area contributed by atoms with Crippen LogP contribution in [-0.4, -0.2) is 57.9 Å². The second kappa shape index (κ2) is 6.22. The Morgan fingerprint density at radius 2 is 1.95 bits per heavy atom. The van der Waals surface area contributed by atoms with Crippen molar-refractivity contribution in [1.29, 1.82) is 0 Å². The van der Waals surface area contributed by atoms with Gasteiger partial charge in [-0.3, -0.25) is 4.79 Å². The smallest absolute Gasteiger partial charge is 0.259 e. The van der Waals surface area contributed by atoms with Crippen LogP contribution in [0.1, 0.15) is 30.1 Å². The summed E-state index contributed by atoms with van der Waals surface area (Å²) in [5, 5.41) is 19.6. The maximum atomic E-state index is 12.7. The van der Waals surface area contributed by atoms with Crippen LogP contribution in [0.25, 0.3) is 0 Å². The van der Waals surface area contributed by atoms with Gasteiger partial charge in [0.2, 0.25) is 5.88 Å². The number of fused-ring (bicyclic) bond motifs is 1. The van der Waals surface area contributed by atoms with Crippen molar-refractivity contribution in [1.82, 2.24) is 9.88 Å². The van der Waals surface area contributed by atoms with Gasteiger partial charge in [0, 0.05) is 19.3 Å². The zero-order valence-electron chi connectivity index (χ0n) is 12.7. The molecule has 0 spiro atoms. The van der Waals surface area contributed by atoms with Crippen LogP contribution in [0.3, 0.4) is 0 Å². The van der Waals surface area contributed by atoms with Gasteiger partial charge in [0.15, 0.2) is 0 Å². The molecule has 1 saturated carbocycles. The molecule has 4 atom stereocenters. The van der Waals surface area contributed by atoms with Gasteiger partial charge in [-0.05, 0) is 43.7 Å². The average Bonchev–Trinajstić information content (AvgIpc) is 2.91. The Morgan fingerprint density at radius 1 is 1.32 bits per heavy atom. The van der Waals surface area contributed by atoms with E-state index in [1.54, 1.807) is 23.2 Å². The second-order valence-corrected chi connectivity index (χ2v) is 6.13. The van der Waals surface area contributed by atoms with E-state index in [9.17, 15) is 15.0 Å². The topological polar surface area (TPSA) is 82.9 Å². The van der Waals surface area contributed by atoms with Crippen LogP contribution in [0.2, 0.25) is 0 Å². The lowest BCUT2D eigenvalue weighted by Gasteiger charge is -2.31. The third kappa shape index (κ3) is 2.80. The van der Waals surface area contributed by atoms with Gasteiger partial charge in [-0.25, -0.2) is 4.98 Å². The molecule has 2 heterocycles. The Hall–Kier alpha value is -1.66. The fourth-order valence-electron chi connectivity index (χ4n) is 3.55. The van der Waals surface area contributed by atoms with E-state index in [4.69, 9.17) is 4.74 Å². The minimum atomic E-state index is -0.673. The van der Waals surface area contributed by atoms with E-state index in [0.29, 0.717) is 44.0 Å². The van der Waals surface area contributed by atoms with Crippen molar-refractivity contribution < 1.29 is 19.7 Å². The van der Waals surface area contributed by atoms with Crippen molar-refractivity contribution in [3.63, 3.8) is 0 Å². The molecule has 1 saturated heterocycles. The fourth-order valence-corrected chi connectivity index (χ4v) is 3.55. The summed E-state index contributed by atoms with van der Waals surface area (Å²) in [5.41, 5.74) is 0.476. The third-order valence-corrected chi connectivity index (χ3v) is 4.68. The predicted octanol–water partition coefficient (Wildman–Crippen LogP) is 0.684. The Morgan fingerprint density at radius 3 is 2.55 bits per heavy atom. The Balaban J connectivity index is 1.74. The van der Waals surface area contributed by atoms with Crippen LogP contribution < -0.4 is 4.74 Å². The highest BCUT2D eigenvalue weighted by Gasteiger charge is 2.42. The molecule has 1 amide bonds. The number of pyridine rings is 1. The predicted molar refractivity (Wildman–Crippen MR) is 79.5 cm³/mol. The Bertz CT molecular complexity index is 533. The highest BCUT2D eigenvalue weighted by molar-refractivity contribution is 5.96. The number of hydrogen-bond acceptors (Lipinski definition) is 5. The first-order valence-corrected chi connectivity index (χ1v) is 7.83. The van der Waals surface area contributed by atoms with Crippen molar-refractivity contribution in [2.24, 2.45) is 11.8 Å². The molecule has 0 aromatic carbocycles. The van der Waals surface area contributed by atoms with Gasteiger partial charge in [0.25, 0.3) is 5.91 Å². The van der Waals surface area contributed by atoms with Gasteiger partial charge in [0.1, 0.15) is 5.56 Å². The number of hydrogen-bond donors (Lipinski definition) is 2. The minimum Gasteiger partial charge on any atom is -0.477 e. The second-order valence-electron chi connectivity index (χ2n) is 6.13. The first-order valence-electron chi connectivity index (χ1n) is 7.83. The number of amides is 1. The molecule has 22 heavy (non-hydrogen) atoms. The molecule has 0 bridgehead atoms. The molecule has 2 fully saturated rings. The van der Waals surface area contributed by atoms with Gasteiger partial charge in [-0.2, -0.15) is 0 Å². The van der Waals surface area contributed by atoms with E-state index in [1.165, 1.54) is 0 Å². The van der Waals surface area contributed by atoms with Crippen molar-refractivity contribution >= 4 is 5.91 Å². The van der Waals surface area contributed by atoms with Crippen LogP contribution in [-0.2, 0) is 0 Å². The first kappa shape index (κ1) is 15.2. The van der Waals surface area contributed by atoms with Crippen LogP contribution in [0.4, 0.5) is 0 Å². The lowest BCUT2D eigenvalue weighted by atomic mass is 9.79. The van der Waals surface area contributed by atoms with Crippen LogP contribution in [0.5, 0.6) is 5.88 Å². The summed E-state index contributed by atoms with van der Waals surface area (Å²) in [5.74, 6) is 0.795. The summed E-state index contributed by atoms with van der Waals surface area (Å²) >= 11 is 0. The van der Waals surface area contributed by atoms with Gasteiger partial charge in [0.05, 0.1) is 18.8 Å². The molecule has 1 aromatic rings. The molecule has 1 aliphatic carbocycles. The summed E-state index contributed by atoms with van der Waals surface area (Å²) in [6.07, 6.45) is 1.38. The number of ether oxygens (including phenoxy) is 1. The van der Waals surface area contributed by atoms with E-state index in [1.807, 2.05) is 6.92 Å². The molecule has 1 aliphatic heterocycles.